The van der Waals surface area contributed by atoms with E-state index in [1.807, 2.05) is 0 Å². The molecule has 0 aliphatic heterocycles. The third-order valence-corrected chi connectivity index (χ3v) is 8.93. The molecule has 5 aromatic rings. The summed E-state index contributed by atoms with van der Waals surface area (Å²) < 4.78 is 1.54. The van der Waals surface area contributed by atoms with Gasteiger partial charge in [0.2, 0.25) is 0 Å². The summed E-state index contributed by atoms with van der Waals surface area (Å²) in [7, 11) is 0. The predicted molar refractivity (Wildman–Crippen MR) is 190 cm³/mol. The number of nitrogens with zero attached hydrogens (tertiary/aromatic N) is 4. The number of para-hydroxylation sites is 4. The van der Waals surface area contributed by atoms with Crippen molar-refractivity contribution >= 4 is 111 Å². The van der Waals surface area contributed by atoms with Crippen molar-refractivity contribution in [2.45, 2.75) is 0 Å². The molecular weight excluding hydrogens is 979 g/mol. The average Bonchev–Trinajstić information content (AvgIpc) is 3.04. The van der Waals surface area contributed by atoms with Crippen molar-refractivity contribution in [1.82, 2.24) is 0 Å². The Hall–Kier alpha value is -2.85. The number of aliphatic imine (C=N–C) groups is 4. The third kappa shape index (κ3) is 9.64. The second-order valence-corrected chi connectivity index (χ2v) is 12.9. The fourth-order valence-electron chi connectivity index (χ4n) is 4.03. The van der Waals surface area contributed by atoms with Crippen molar-refractivity contribution in [2.75, 3.05) is 0 Å². The van der Waals surface area contributed by atoms with E-state index < -0.39 is 0 Å². The summed E-state index contributed by atoms with van der Waals surface area (Å²) in [5.74, 6) is -0.996. The maximum absolute atomic E-state index is 12.7. The fraction of sp³-hybridized carbons (Fsp3) is 0. The molecule has 0 aromatic heterocycles. The van der Waals surface area contributed by atoms with Crippen LogP contribution in [0.2, 0.25) is 0 Å². The van der Waals surface area contributed by atoms with Gasteiger partial charge in [0, 0.05) is 42.7 Å². The Morgan fingerprint density at radius 3 is 0.792 bits per heavy atom. The van der Waals surface area contributed by atoms with Crippen LogP contribution in [-0.2, 0) is 39.0 Å². The largest absolute Gasteiger partial charge is 2.00 e. The Labute approximate surface area is 335 Å². The van der Waals surface area contributed by atoms with E-state index in [2.05, 4.69) is 83.7 Å². The van der Waals surface area contributed by atoms with Crippen molar-refractivity contribution in [1.29, 1.82) is 0 Å². The van der Waals surface area contributed by atoms with E-state index in [4.69, 9.17) is 0 Å². The van der Waals surface area contributed by atoms with Crippen LogP contribution < -0.4 is 20.4 Å². The molecule has 0 N–H and O–H groups in total. The van der Waals surface area contributed by atoms with Crippen molar-refractivity contribution in [3.63, 3.8) is 0 Å². The molecule has 0 aliphatic carbocycles. The third-order valence-electron chi connectivity index (χ3n) is 6.43. The summed E-state index contributed by atoms with van der Waals surface area (Å²) >= 11 is 13.0. The minimum absolute atomic E-state index is 0. The molecule has 48 heavy (non-hydrogen) atoms. The molecule has 0 saturated heterocycles. The van der Waals surface area contributed by atoms with E-state index in [1.54, 1.807) is 84.9 Å². The summed E-state index contributed by atoms with van der Waals surface area (Å²) in [6, 6.07) is 23.1. The number of halogens is 4. The second-order valence-electron chi connectivity index (χ2n) is 9.50. The molecule has 0 heterocycles. The molecule has 0 atom stereocenters. The first-order valence-electron chi connectivity index (χ1n) is 13.3. The van der Waals surface area contributed by atoms with Gasteiger partial charge in [-0.1, -0.05) is 135 Å². The Kier molecular flexibility index (Phi) is 15.0. The van der Waals surface area contributed by atoms with E-state index in [0.717, 1.165) is 0 Å². The van der Waals surface area contributed by atoms with Gasteiger partial charge in [-0.25, -0.2) is 0 Å². The van der Waals surface area contributed by atoms with Crippen molar-refractivity contribution in [3.05, 3.63) is 125 Å². The molecule has 0 fully saturated rings. The van der Waals surface area contributed by atoms with Crippen LogP contribution in [-0.4, -0.2) is 24.9 Å². The Morgan fingerprint density at radius 2 is 0.583 bits per heavy atom. The maximum Gasteiger partial charge on any atom is 2.00 e. The van der Waals surface area contributed by atoms with Gasteiger partial charge >= 0.3 is 39.0 Å². The quantitative estimate of drug-likeness (QED) is 0.115. The summed E-state index contributed by atoms with van der Waals surface area (Å²) in [6.07, 6.45) is 5.63. The van der Waals surface area contributed by atoms with E-state index >= 15 is 0 Å². The van der Waals surface area contributed by atoms with Gasteiger partial charge in [0.05, 0.1) is 22.7 Å². The van der Waals surface area contributed by atoms with Crippen LogP contribution in [0.3, 0.4) is 0 Å². The zero-order valence-electron chi connectivity index (χ0n) is 24.7. The average molecular weight is 997 g/mol. The Balaban J connectivity index is 0.00000312. The van der Waals surface area contributed by atoms with Crippen molar-refractivity contribution < 1.29 is 59.4 Å². The monoisotopic (exact) mass is 990 g/mol. The molecular formula is C34H18Br4N4O4Zn2. The number of hydrogen-bond acceptors (Lipinski definition) is 8. The van der Waals surface area contributed by atoms with Crippen LogP contribution >= 0.6 is 63.7 Å². The molecule has 5 rings (SSSR count). The van der Waals surface area contributed by atoms with Gasteiger partial charge in [-0.2, -0.15) is 0 Å². The molecule has 14 heteroatoms. The second kappa shape index (κ2) is 18.2. The molecule has 0 bridgehead atoms. The maximum atomic E-state index is 12.7. The van der Waals surface area contributed by atoms with Gasteiger partial charge in [0.1, 0.15) is 0 Å². The van der Waals surface area contributed by atoms with Gasteiger partial charge in [-0.15, -0.1) is 0 Å². The standard InChI is InChI=1S/C34H22Br4N4O4.2Zn/c35-23-9-1-5-19(31(23)43)15-39-27-13-29(41-17-21-7-3-11-25(37)33(21)45)30(42-18-22-8-4-12-26(38)34(22)46)14-28(27)40-16-20-6-2-10-24(36)32(20)44;;/h1-18,43-46H;;/q;2*+2/p-4. The molecule has 8 nitrogen and oxygen atoms in total. The molecule has 0 amide bonds. The Morgan fingerprint density at radius 1 is 0.375 bits per heavy atom. The predicted octanol–water partition coefficient (Wildman–Crippen LogP) is 8.03. The minimum atomic E-state index is -0.249. The van der Waals surface area contributed by atoms with E-state index in [-0.39, 0.29) is 62.0 Å². The van der Waals surface area contributed by atoms with Gasteiger partial charge in [-0.3, -0.25) is 20.0 Å². The van der Waals surface area contributed by atoms with E-state index in [9.17, 15) is 20.4 Å². The molecule has 0 spiro atoms. The van der Waals surface area contributed by atoms with Gasteiger partial charge in [0.15, 0.2) is 0 Å². The van der Waals surface area contributed by atoms with Gasteiger partial charge in [-0.05, 0) is 58.7 Å². The van der Waals surface area contributed by atoms with Crippen LogP contribution in [0.25, 0.3) is 0 Å². The normalized spacial score (nSPS) is 11.4. The smallest absolute Gasteiger partial charge is 0.871 e. The molecule has 0 aliphatic rings. The zero-order valence-corrected chi connectivity index (χ0v) is 37.0. The summed E-state index contributed by atoms with van der Waals surface area (Å²) in [6.45, 7) is 0. The van der Waals surface area contributed by atoms with E-state index in [0.29, 0.717) is 62.9 Å². The zero-order chi connectivity index (χ0) is 32.8. The number of benzene rings is 5. The summed E-state index contributed by atoms with van der Waals surface area (Å²) in [5, 5.41) is 50.6. The minimum Gasteiger partial charge on any atom is -0.871 e. The van der Waals surface area contributed by atoms with Crippen molar-refractivity contribution in [2.24, 2.45) is 20.0 Å². The first kappa shape index (κ1) is 39.6. The molecule has 0 saturated carbocycles. The first-order chi connectivity index (χ1) is 22.1. The van der Waals surface area contributed by atoms with Gasteiger partial charge < -0.3 is 20.4 Å². The first-order valence-corrected chi connectivity index (χ1v) is 16.5. The molecule has 0 unspecified atom stereocenters. The molecule has 0 radical (unpaired) electrons. The van der Waals surface area contributed by atoms with Crippen LogP contribution in [0.1, 0.15) is 22.3 Å². The SMILES string of the molecule is [O-]c1c(Br)cccc1C=Nc1cc(N=Cc2cccc(Br)c2[O-])c(N=Cc2cccc(Br)c2[O-])cc1N=Cc1cccc(Br)c1[O-].[Zn+2].[Zn+2]. The van der Waals surface area contributed by atoms with E-state index in [1.165, 1.54) is 24.9 Å². The summed E-state index contributed by atoms with van der Waals surface area (Å²) in [5.41, 5.74) is 2.50. The van der Waals surface area contributed by atoms with Crippen LogP contribution in [0.4, 0.5) is 22.7 Å². The van der Waals surface area contributed by atoms with Crippen LogP contribution in [0.15, 0.2) is 123 Å². The molecule has 230 valence electrons. The molecule has 5 aromatic carbocycles. The van der Waals surface area contributed by atoms with Crippen molar-refractivity contribution in [3.8, 4) is 23.0 Å². The summed E-state index contributed by atoms with van der Waals surface area (Å²) in [4.78, 5) is 18.3. The number of rotatable bonds is 8. The fourth-order valence-corrected chi connectivity index (χ4v) is 5.56. The number of hydrogen-bond donors (Lipinski definition) is 0. The van der Waals surface area contributed by atoms with Crippen LogP contribution in [0.5, 0.6) is 23.0 Å². The van der Waals surface area contributed by atoms with Crippen LogP contribution in [0, 0.1) is 0 Å². The topological polar surface area (TPSA) is 142 Å². The van der Waals surface area contributed by atoms with Gasteiger partial charge in [0.25, 0.3) is 0 Å². The Bertz CT molecular complexity index is 1790.